The molecule has 2 rings (SSSR count). The van der Waals surface area contributed by atoms with E-state index >= 15 is 0 Å². The van der Waals surface area contributed by atoms with E-state index in [0.717, 1.165) is 36.8 Å². The molecule has 0 aliphatic heterocycles. The van der Waals surface area contributed by atoms with Gasteiger partial charge in [0.15, 0.2) is 0 Å². The molecule has 0 radical (unpaired) electrons. The summed E-state index contributed by atoms with van der Waals surface area (Å²) in [5.74, 6) is 0. The van der Waals surface area contributed by atoms with Crippen molar-refractivity contribution < 1.29 is 25.9 Å². The third-order valence-electron chi connectivity index (χ3n) is 24.6. The minimum atomic E-state index is -4.33. The Kier molecular flexibility index (Phi) is 89.0. The van der Waals surface area contributed by atoms with Gasteiger partial charge < -0.3 is 9.11 Å². The van der Waals surface area contributed by atoms with Gasteiger partial charge in [0.1, 0.15) is 20.2 Å². The first-order chi connectivity index (χ1) is 54.1. The maximum absolute atomic E-state index is 11.0. The summed E-state index contributed by atoms with van der Waals surface area (Å²) >= 11 is 0. The third-order valence-corrected chi connectivity index (χ3v) is 26.3. The molecule has 0 heterocycles. The predicted molar refractivity (Wildman–Crippen MR) is 490 cm³/mol. The van der Waals surface area contributed by atoms with Crippen molar-refractivity contribution in [2.24, 2.45) is 0 Å². The molecular formula is C102H190MgO6S2. The zero-order valence-electron chi connectivity index (χ0n) is 74.8. The van der Waals surface area contributed by atoms with E-state index in [2.05, 4.69) is 13.8 Å². The fourth-order valence-electron chi connectivity index (χ4n) is 16.9. The van der Waals surface area contributed by atoms with Crippen molar-refractivity contribution in [1.29, 1.82) is 0 Å². The first-order valence-corrected chi connectivity index (χ1v) is 53.0. The zero-order chi connectivity index (χ0) is 79.2. The summed E-state index contributed by atoms with van der Waals surface area (Å²) in [5, 5.41) is 0. The monoisotopic (exact) mass is 1600 g/mol. The van der Waals surface area contributed by atoms with Crippen molar-refractivity contribution in [3.05, 3.63) is 59.7 Å². The number of benzene rings is 2. The van der Waals surface area contributed by atoms with Crippen LogP contribution >= 0.6 is 0 Å². The van der Waals surface area contributed by atoms with Crippen LogP contribution in [0.15, 0.2) is 58.3 Å². The van der Waals surface area contributed by atoms with E-state index in [-0.39, 0.29) is 32.8 Å². The zero-order valence-corrected chi connectivity index (χ0v) is 77.9. The maximum atomic E-state index is 11.0. The summed E-state index contributed by atoms with van der Waals surface area (Å²) in [6.07, 6.45) is 126. The van der Waals surface area contributed by atoms with Gasteiger partial charge in [-0.15, -0.1) is 0 Å². The molecule has 2 aromatic carbocycles. The van der Waals surface area contributed by atoms with Crippen LogP contribution in [0.3, 0.4) is 0 Å². The molecule has 0 fully saturated rings. The Morgan fingerprint density at radius 1 is 0.162 bits per heavy atom. The van der Waals surface area contributed by atoms with Crippen molar-refractivity contribution in [2.45, 2.75) is 589 Å². The van der Waals surface area contributed by atoms with Crippen LogP contribution in [0.25, 0.3) is 0 Å². The maximum Gasteiger partial charge on any atom is 2.00 e. The minimum Gasteiger partial charge on any atom is -0.744 e. The van der Waals surface area contributed by atoms with Crippen LogP contribution < -0.4 is 0 Å². The second-order valence-electron chi connectivity index (χ2n) is 35.4. The summed E-state index contributed by atoms with van der Waals surface area (Å²) in [6, 6.07) is 12.8. The summed E-state index contributed by atoms with van der Waals surface area (Å²) < 4.78 is 66.1. The van der Waals surface area contributed by atoms with Gasteiger partial charge in [-0.25, -0.2) is 16.8 Å². The molecule has 6 nitrogen and oxygen atoms in total. The van der Waals surface area contributed by atoms with Crippen LogP contribution in [0.5, 0.6) is 0 Å². The Balaban J connectivity index is 0.00000216. The Morgan fingerprint density at radius 3 is 0.342 bits per heavy atom. The molecule has 0 atom stereocenters. The van der Waals surface area contributed by atoms with Gasteiger partial charge >= 0.3 is 23.1 Å². The quantitative estimate of drug-likeness (QED) is 0.0370. The molecule has 0 amide bonds. The molecule has 0 unspecified atom stereocenters. The first-order valence-electron chi connectivity index (χ1n) is 50.2. The first kappa shape index (κ1) is 110. The minimum absolute atomic E-state index is 0. The van der Waals surface area contributed by atoms with E-state index in [0.29, 0.717) is 0 Å². The summed E-state index contributed by atoms with van der Waals surface area (Å²) in [6.45, 7) is 4.61. The van der Waals surface area contributed by atoms with Crippen molar-refractivity contribution in [1.82, 2.24) is 0 Å². The second kappa shape index (κ2) is 89.8. The van der Waals surface area contributed by atoms with Crippen LogP contribution in [0.2, 0.25) is 0 Å². The molecular weight excluding hydrogens is 1410 g/mol. The smallest absolute Gasteiger partial charge is 0.744 e. The molecule has 0 aliphatic rings. The average molecular weight is 1600 g/mol. The topological polar surface area (TPSA) is 114 Å². The van der Waals surface area contributed by atoms with Crippen molar-refractivity contribution in [2.75, 3.05) is 0 Å². The molecule has 9 heteroatoms. The molecule has 0 saturated heterocycles. The van der Waals surface area contributed by atoms with Gasteiger partial charge in [-0.1, -0.05) is 577 Å². The van der Waals surface area contributed by atoms with Crippen molar-refractivity contribution in [3.8, 4) is 0 Å². The van der Waals surface area contributed by atoms with E-state index in [1.165, 1.54) is 564 Å². The fourth-order valence-corrected chi connectivity index (χ4v) is 17.9. The molecule has 2 aromatic rings. The van der Waals surface area contributed by atoms with Crippen LogP contribution in [-0.2, 0) is 33.1 Å². The largest absolute Gasteiger partial charge is 2.00 e. The van der Waals surface area contributed by atoms with Gasteiger partial charge in [0.05, 0.1) is 9.79 Å². The van der Waals surface area contributed by atoms with Gasteiger partial charge in [0, 0.05) is 0 Å². The van der Waals surface area contributed by atoms with Gasteiger partial charge in [0.25, 0.3) is 0 Å². The normalized spacial score (nSPS) is 11.8. The Hall–Kier alpha value is -0.974. The van der Waals surface area contributed by atoms with Gasteiger partial charge in [-0.2, -0.15) is 0 Å². The Bertz CT molecular complexity index is 2150. The van der Waals surface area contributed by atoms with E-state index in [4.69, 9.17) is 0 Å². The van der Waals surface area contributed by atoms with E-state index < -0.39 is 20.2 Å². The Labute approximate surface area is 712 Å². The molecule has 648 valence electrons. The average Bonchev–Trinajstić information content (AvgIpc) is 0.868. The number of rotatable bonds is 90. The molecule has 0 aliphatic carbocycles. The van der Waals surface area contributed by atoms with Crippen LogP contribution in [0.1, 0.15) is 577 Å². The summed E-state index contributed by atoms with van der Waals surface area (Å²) in [7, 11) is -8.67. The van der Waals surface area contributed by atoms with Gasteiger partial charge in [-0.3, -0.25) is 0 Å². The van der Waals surface area contributed by atoms with Crippen molar-refractivity contribution in [3.63, 3.8) is 0 Å². The van der Waals surface area contributed by atoms with Crippen LogP contribution in [0, 0.1) is 0 Å². The van der Waals surface area contributed by atoms with Gasteiger partial charge in [-0.05, 0) is 61.1 Å². The SMILES string of the molecule is CCCCCCCCCCCCCCCCCCCCCCCCCCCCCCCCCCCCCCCCCCCCCc1ccc(S(=O)(=O)[O-])cc1.CCCCCCCCCCCCCCCCCCCCCCCCCCCCCCCCCCCCCCCCCCCCCc1ccc(S(=O)(=O)[O-])cc1.[Mg+2]. The second-order valence-corrected chi connectivity index (χ2v) is 38.2. The predicted octanol–water partition coefficient (Wildman–Crippen LogP) is 35.5. The summed E-state index contributed by atoms with van der Waals surface area (Å²) in [5.41, 5.74) is 2.23. The number of aryl methyl sites for hydroxylation is 2. The van der Waals surface area contributed by atoms with E-state index in [1.807, 2.05) is 0 Å². The third kappa shape index (κ3) is 85.3. The van der Waals surface area contributed by atoms with Crippen LogP contribution in [0.4, 0.5) is 0 Å². The molecule has 0 aromatic heterocycles. The van der Waals surface area contributed by atoms with Crippen LogP contribution in [-0.4, -0.2) is 49.0 Å². The summed E-state index contributed by atoms with van der Waals surface area (Å²) in [4.78, 5) is -0.262. The van der Waals surface area contributed by atoms with Gasteiger partial charge in [0.2, 0.25) is 0 Å². The molecule has 0 saturated carbocycles. The molecule has 0 N–H and O–H groups in total. The fraction of sp³-hybridized carbons (Fsp3) is 0.882. The molecule has 0 bridgehead atoms. The standard InChI is InChI=1S/2C51H96O3S.Mg/c2*1-2-3-4-5-6-7-8-9-10-11-12-13-14-15-16-17-18-19-20-21-22-23-24-25-26-27-28-29-30-31-32-33-34-35-36-37-38-39-40-41-42-43-44-45-50-46-48-51(49-47-50)55(52,53)54;/h2*46-49H,2-45H2,1H3,(H,52,53,54);/q;;+2/p-2. The number of unbranched alkanes of at least 4 members (excludes halogenated alkanes) is 84. The number of hydrogen-bond donors (Lipinski definition) is 0. The van der Waals surface area contributed by atoms with Crippen molar-refractivity contribution >= 4 is 43.3 Å². The van der Waals surface area contributed by atoms with E-state index in [9.17, 15) is 25.9 Å². The molecule has 111 heavy (non-hydrogen) atoms. The Morgan fingerprint density at radius 2 is 0.252 bits per heavy atom. The number of hydrogen-bond acceptors (Lipinski definition) is 6. The van der Waals surface area contributed by atoms with E-state index in [1.54, 1.807) is 24.3 Å². The molecule has 0 spiro atoms.